The largest absolute Gasteiger partial charge is 0.279 e. The second-order valence-corrected chi connectivity index (χ2v) is 12.9. The fraction of sp³-hybridized carbons (Fsp3) is 0.500. The molecule has 0 fully saturated rings. The van der Waals surface area contributed by atoms with Gasteiger partial charge in [0.2, 0.25) is 0 Å². The Morgan fingerprint density at radius 3 is 2.63 bits per heavy atom. The van der Waals surface area contributed by atoms with Gasteiger partial charge in [-0.3, -0.25) is 20.4 Å². The number of carbonyl (C=O) groups is 2. The summed E-state index contributed by atoms with van der Waals surface area (Å²) in [7, 11) is -2.39. The minimum Gasteiger partial charge on any atom is -0.272 e. The standard InChI is InChI=1S/C20H27N3O4S3/c1-20(2,3)14-7-8-15-13(10-14)11-16(29-15)19(25)22-21-17(24)12-23(4)30(26,27)18-6-5-9-28-18/h5-6,9,11,14H,7-8,10,12H2,1-4H3,(H,21,24)(H,22,25). The molecule has 0 saturated heterocycles. The lowest BCUT2D eigenvalue weighted by Crippen LogP contribution is -2.46. The van der Waals surface area contributed by atoms with Gasteiger partial charge in [-0.1, -0.05) is 26.8 Å². The molecule has 2 aromatic heterocycles. The van der Waals surface area contributed by atoms with Gasteiger partial charge in [-0.15, -0.1) is 22.7 Å². The summed E-state index contributed by atoms with van der Waals surface area (Å²) in [6.07, 6.45) is 3.03. The van der Waals surface area contributed by atoms with Crippen LogP contribution in [0.25, 0.3) is 0 Å². The number of sulfonamides is 1. The molecule has 164 valence electrons. The van der Waals surface area contributed by atoms with Crippen molar-refractivity contribution in [1.82, 2.24) is 15.2 Å². The molecule has 2 aromatic rings. The second-order valence-electron chi connectivity index (χ2n) is 8.56. The van der Waals surface area contributed by atoms with Crippen molar-refractivity contribution in [3.05, 3.63) is 38.9 Å². The van der Waals surface area contributed by atoms with Gasteiger partial charge in [0.25, 0.3) is 21.8 Å². The van der Waals surface area contributed by atoms with Crippen LogP contribution >= 0.6 is 22.7 Å². The predicted octanol–water partition coefficient (Wildman–Crippen LogP) is 3.04. The highest BCUT2D eigenvalue weighted by Crippen LogP contribution is 2.40. The van der Waals surface area contributed by atoms with Gasteiger partial charge in [0.1, 0.15) is 4.21 Å². The van der Waals surface area contributed by atoms with Crippen molar-refractivity contribution in [1.29, 1.82) is 0 Å². The van der Waals surface area contributed by atoms with Crippen LogP contribution < -0.4 is 10.9 Å². The molecule has 0 bridgehead atoms. The molecule has 3 rings (SSSR count). The average molecular weight is 470 g/mol. The van der Waals surface area contributed by atoms with Crippen LogP contribution in [-0.2, 0) is 27.7 Å². The zero-order valence-electron chi connectivity index (χ0n) is 17.5. The van der Waals surface area contributed by atoms with E-state index in [1.165, 1.54) is 34.9 Å². The van der Waals surface area contributed by atoms with Gasteiger partial charge in [-0.05, 0) is 53.7 Å². The first-order chi connectivity index (χ1) is 14.0. The van der Waals surface area contributed by atoms with Gasteiger partial charge in [0, 0.05) is 11.9 Å². The summed E-state index contributed by atoms with van der Waals surface area (Å²) in [6.45, 7) is 6.34. The lowest BCUT2D eigenvalue weighted by atomic mass is 9.72. The molecule has 1 atom stereocenters. The van der Waals surface area contributed by atoms with Gasteiger partial charge < -0.3 is 0 Å². The van der Waals surface area contributed by atoms with Crippen LogP contribution in [0, 0.1) is 11.3 Å². The van der Waals surface area contributed by atoms with Crippen molar-refractivity contribution in [2.45, 2.75) is 44.2 Å². The Labute approximate surface area is 185 Å². The van der Waals surface area contributed by atoms with E-state index < -0.39 is 22.5 Å². The number of thiophene rings is 2. The SMILES string of the molecule is CN(CC(=O)NNC(=O)c1cc2c(s1)CCC(C(C)(C)C)C2)S(=O)(=O)c1cccs1. The van der Waals surface area contributed by atoms with Gasteiger partial charge in [-0.25, -0.2) is 8.42 Å². The van der Waals surface area contributed by atoms with Crippen LogP contribution in [-0.4, -0.2) is 38.1 Å². The predicted molar refractivity (Wildman–Crippen MR) is 119 cm³/mol. The first kappa shape index (κ1) is 22.9. The molecule has 0 aromatic carbocycles. The van der Waals surface area contributed by atoms with E-state index in [-0.39, 0.29) is 15.5 Å². The van der Waals surface area contributed by atoms with E-state index in [0.29, 0.717) is 10.8 Å². The van der Waals surface area contributed by atoms with E-state index >= 15 is 0 Å². The fourth-order valence-corrected chi connectivity index (χ4v) is 6.89. The first-order valence-corrected chi connectivity index (χ1v) is 12.8. The van der Waals surface area contributed by atoms with Crippen LogP contribution in [0.3, 0.4) is 0 Å². The zero-order valence-corrected chi connectivity index (χ0v) is 20.0. The number of nitrogens with one attached hydrogen (secondary N) is 2. The van der Waals surface area contributed by atoms with Crippen LogP contribution in [0.15, 0.2) is 27.8 Å². The Bertz CT molecular complexity index is 1020. The number of aryl methyl sites for hydroxylation is 1. The van der Waals surface area contributed by atoms with E-state index in [9.17, 15) is 18.0 Å². The number of hydrazine groups is 1. The van der Waals surface area contributed by atoms with E-state index in [0.717, 1.165) is 34.9 Å². The molecule has 7 nitrogen and oxygen atoms in total. The quantitative estimate of drug-likeness (QED) is 0.658. The van der Waals surface area contributed by atoms with Gasteiger partial charge in [0.15, 0.2) is 0 Å². The van der Waals surface area contributed by atoms with Crippen LogP contribution in [0.4, 0.5) is 0 Å². The highest BCUT2D eigenvalue weighted by molar-refractivity contribution is 7.91. The number of nitrogens with zero attached hydrogens (tertiary/aromatic N) is 1. The van der Waals surface area contributed by atoms with E-state index in [1.807, 2.05) is 6.07 Å². The molecule has 2 amide bonds. The number of fused-ring (bicyclic) bond motifs is 1. The van der Waals surface area contributed by atoms with Crippen molar-refractivity contribution in [3.8, 4) is 0 Å². The fourth-order valence-electron chi connectivity index (χ4n) is 3.45. The third-order valence-corrected chi connectivity index (χ3v) is 9.79. The van der Waals surface area contributed by atoms with E-state index in [4.69, 9.17) is 0 Å². The molecule has 10 heteroatoms. The van der Waals surface area contributed by atoms with Crippen molar-refractivity contribution < 1.29 is 18.0 Å². The Kier molecular flexibility index (Phi) is 6.71. The Morgan fingerprint density at radius 2 is 2.00 bits per heavy atom. The summed E-state index contributed by atoms with van der Waals surface area (Å²) in [4.78, 5) is 26.4. The third-order valence-electron chi connectivity index (χ3n) is 5.37. The number of rotatable bonds is 5. The number of hydrogen-bond donors (Lipinski definition) is 2. The highest BCUT2D eigenvalue weighted by atomic mass is 32.2. The third kappa shape index (κ3) is 5.11. The van der Waals surface area contributed by atoms with Gasteiger partial charge in [0.05, 0.1) is 11.4 Å². The monoisotopic (exact) mass is 469 g/mol. The molecule has 0 aliphatic heterocycles. The van der Waals surface area contributed by atoms with Crippen molar-refractivity contribution in [2.24, 2.45) is 11.3 Å². The summed E-state index contributed by atoms with van der Waals surface area (Å²) < 4.78 is 25.9. The zero-order chi connectivity index (χ0) is 22.1. The number of likely N-dealkylation sites (N-methyl/N-ethyl adjacent to an activating group) is 1. The molecule has 0 spiro atoms. The topological polar surface area (TPSA) is 95.6 Å². The molecular weight excluding hydrogens is 442 g/mol. The summed E-state index contributed by atoms with van der Waals surface area (Å²) in [5.74, 6) is -0.421. The lowest BCUT2D eigenvalue weighted by Gasteiger charge is -2.33. The minimum atomic E-state index is -3.72. The molecule has 30 heavy (non-hydrogen) atoms. The highest BCUT2D eigenvalue weighted by Gasteiger charge is 2.30. The van der Waals surface area contributed by atoms with Crippen molar-refractivity contribution >= 4 is 44.5 Å². The summed E-state index contributed by atoms with van der Waals surface area (Å²) >= 11 is 2.54. The second kappa shape index (κ2) is 8.78. The molecule has 2 N–H and O–H groups in total. The summed E-state index contributed by atoms with van der Waals surface area (Å²) in [6, 6.07) is 5.03. The Hall–Kier alpha value is -1.75. The summed E-state index contributed by atoms with van der Waals surface area (Å²) in [5, 5.41) is 1.66. The maximum absolute atomic E-state index is 12.5. The Morgan fingerprint density at radius 1 is 1.27 bits per heavy atom. The van der Waals surface area contributed by atoms with Crippen molar-refractivity contribution in [2.75, 3.05) is 13.6 Å². The molecular formula is C20H27N3O4S3. The maximum atomic E-state index is 12.5. The van der Waals surface area contributed by atoms with Gasteiger partial charge in [-0.2, -0.15) is 4.31 Å². The minimum absolute atomic E-state index is 0.166. The molecule has 1 aliphatic carbocycles. The number of carbonyl (C=O) groups excluding carboxylic acids is 2. The van der Waals surface area contributed by atoms with Crippen molar-refractivity contribution in [3.63, 3.8) is 0 Å². The van der Waals surface area contributed by atoms with E-state index in [2.05, 4.69) is 31.6 Å². The first-order valence-electron chi connectivity index (χ1n) is 9.69. The lowest BCUT2D eigenvalue weighted by molar-refractivity contribution is -0.121. The van der Waals surface area contributed by atoms with Gasteiger partial charge >= 0.3 is 0 Å². The normalized spacial score (nSPS) is 16.9. The molecule has 1 unspecified atom stereocenters. The molecule has 0 saturated carbocycles. The molecule has 1 aliphatic rings. The Balaban J connectivity index is 1.55. The molecule has 2 heterocycles. The smallest absolute Gasteiger partial charge is 0.272 e. The number of amides is 2. The van der Waals surface area contributed by atoms with Crippen LogP contribution in [0.1, 0.15) is 47.3 Å². The van der Waals surface area contributed by atoms with Crippen LogP contribution in [0.5, 0.6) is 0 Å². The average Bonchev–Trinajstić information content (AvgIpc) is 3.34. The summed E-state index contributed by atoms with van der Waals surface area (Å²) in [5.41, 5.74) is 6.14. The van der Waals surface area contributed by atoms with Crippen LogP contribution in [0.2, 0.25) is 0 Å². The molecule has 0 radical (unpaired) electrons. The van der Waals surface area contributed by atoms with E-state index in [1.54, 1.807) is 11.4 Å². The number of hydrogen-bond acceptors (Lipinski definition) is 6. The maximum Gasteiger partial charge on any atom is 0.279 e.